The summed E-state index contributed by atoms with van der Waals surface area (Å²) < 4.78 is 37.1. The molecule has 1 aromatic carbocycles. The molecule has 0 spiro atoms. The molecule has 0 aliphatic carbocycles. The number of methoxy groups -OCH3 is 1. The van der Waals surface area contributed by atoms with Crippen molar-refractivity contribution in [1.82, 2.24) is 19.2 Å². The van der Waals surface area contributed by atoms with E-state index in [9.17, 15) is 13.2 Å². The maximum atomic E-state index is 12.3. The lowest BCUT2D eigenvalue weighted by Crippen LogP contribution is -2.43. The molecule has 4 rings (SSSR count). The van der Waals surface area contributed by atoms with Crippen LogP contribution in [0.4, 0.5) is 23.0 Å². The zero-order chi connectivity index (χ0) is 29.7. The van der Waals surface area contributed by atoms with Crippen LogP contribution in [0.3, 0.4) is 0 Å². The average molecular weight is 608 g/mol. The van der Waals surface area contributed by atoms with E-state index in [1.165, 1.54) is 22.8 Å². The van der Waals surface area contributed by atoms with E-state index < -0.39 is 16.1 Å². The van der Waals surface area contributed by atoms with E-state index in [2.05, 4.69) is 51.1 Å². The van der Waals surface area contributed by atoms with Gasteiger partial charge in [0.2, 0.25) is 27.8 Å². The third kappa shape index (κ3) is 7.79. The molecule has 1 atom stereocenters. The first-order valence-corrected chi connectivity index (χ1v) is 15.7. The number of hydrogen-bond acceptors (Lipinski definition) is 10. The number of sulfonamides is 1. The maximum Gasteiger partial charge on any atom is 0.247 e. The van der Waals surface area contributed by atoms with Gasteiger partial charge in [-0.15, -0.1) is 0 Å². The number of benzene rings is 1. The fourth-order valence-electron chi connectivity index (χ4n) is 5.08. The zero-order valence-corrected chi connectivity index (χ0v) is 25.5. The Bertz CT molecular complexity index is 1370. The second-order valence-electron chi connectivity index (χ2n) is 10.4. The molecule has 2 aliphatic heterocycles. The van der Waals surface area contributed by atoms with Gasteiger partial charge in [0.1, 0.15) is 16.9 Å². The number of nitrogens with one attached hydrogen (secondary N) is 2. The third-order valence-corrected chi connectivity index (χ3v) is 8.87. The number of hydrogen-bond donors (Lipinski definition) is 2. The van der Waals surface area contributed by atoms with Gasteiger partial charge in [0.25, 0.3) is 0 Å². The van der Waals surface area contributed by atoms with Gasteiger partial charge in [0.05, 0.1) is 43.2 Å². The summed E-state index contributed by atoms with van der Waals surface area (Å²) in [6.45, 7) is 5.91. The van der Waals surface area contributed by atoms with E-state index in [1.807, 2.05) is 6.07 Å². The SMILES string of the molecule is C=CC(=O)Nc1cc(Nc2ncc(Cl)c(OC3CCCN(S(C)(=O)=O)C3)n2)c(OC)cc1N1CCC(N(C)C)CC1. The van der Waals surface area contributed by atoms with Crippen molar-refractivity contribution in [3.05, 3.63) is 36.0 Å². The first-order chi connectivity index (χ1) is 19.5. The molecule has 12 nitrogen and oxygen atoms in total. The predicted octanol–water partition coefficient (Wildman–Crippen LogP) is 3.34. The quantitative estimate of drug-likeness (QED) is 0.388. The summed E-state index contributed by atoms with van der Waals surface area (Å²) in [6, 6.07) is 4.16. The summed E-state index contributed by atoms with van der Waals surface area (Å²) in [5.74, 6) is 0.533. The van der Waals surface area contributed by atoms with E-state index in [0.29, 0.717) is 42.6 Å². The largest absolute Gasteiger partial charge is 0.494 e. The number of carbonyl (C=O) groups excluding carboxylic acids is 1. The van der Waals surface area contributed by atoms with E-state index >= 15 is 0 Å². The summed E-state index contributed by atoms with van der Waals surface area (Å²) in [6.07, 6.45) is 6.75. The van der Waals surface area contributed by atoms with Gasteiger partial charge in [-0.05, 0) is 51.9 Å². The van der Waals surface area contributed by atoms with Crippen LogP contribution in [0.2, 0.25) is 5.02 Å². The summed E-state index contributed by atoms with van der Waals surface area (Å²) in [7, 11) is 2.42. The molecule has 1 amide bonds. The molecule has 224 valence electrons. The highest BCUT2D eigenvalue weighted by molar-refractivity contribution is 7.88. The first-order valence-electron chi connectivity index (χ1n) is 13.5. The topological polar surface area (TPSA) is 129 Å². The second kappa shape index (κ2) is 13.2. The fraction of sp³-hybridized carbons (Fsp3) is 0.519. The summed E-state index contributed by atoms with van der Waals surface area (Å²) in [4.78, 5) is 25.5. The van der Waals surface area contributed by atoms with Crippen molar-refractivity contribution in [2.24, 2.45) is 0 Å². The lowest BCUT2D eigenvalue weighted by atomic mass is 10.0. The van der Waals surface area contributed by atoms with Crippen LogP contribution >= 0.6 is 11.6 Å². The smallest absolute Gasteiger partial charge is 0.247 e. The minimum absolute atomic E-state index is 0.143. The number of carbonyl (C=O) groups is 1. The number of aromatic nitrogens is 2. The number of anilines is 4. The molecule has 2 N–H and O–H groups in total. The molecule has 1 unspecified atom stereocenters. The van der Waals surface area contributed by atoms with Crippen molar-refractivity contribution in [2.45, 2.75) is 37.8 Å². The fourth-order valence-corrected chi connectivity index (χ4v) is 6.11. The van der Waals surface area contributed by atoms with E-state index in [1.54, 1.807) is 13.2 Å². The van der Waals surface area contributed by atoms with Crippen LogP contribution in [-0.2, 0) is 14.8 Å². The van der Waals surface area contributed by atoms with Gasteiger partial charge in [-0.1, -0.05) is 18.2 Å². The highest BCUT2D eigenvalue weighted by Crippen LogP contribution is 2.39. The number of rotatable bonds is 10. The average Bonchev–Trinajstić information content (AvgIpc) is 2.94. The molecule has 14 heteroatoms. The maximum absolute atomic E-state index is 12.3. The van der Waals surface area contributed by atoms with Crippen molar-refractivity contribution in [3.8, 4) is 11.6 Å². The molecule has 2 aliphatic rings. The van der Waals surface area contributed by atoms with Crippen LogP contribution in [0, 0.1) is 0 Å². The monoisotopic (exact) mass is 607 g/mol. The van der Waals surface area contributed by atoms with Crippen molar-refractivity contribution < 1.29 is 22.7 Å². The standard InChI is InChI=1S/C27H38ClN7O5S/c1-6-25(36)30-21-14-22(24(39-4)15-23(21)34-12-9-18(10-13-34)33(2)3)31-27-29-16-20(28)26(32-27)40-19-8-7-11-35(17-19)41(5,37)38/h6,14-16,18-19H,1,7-13,17H2,2-5H3,(H,30,36)(H,29,31,32). The Morgan fingerprint density at radius 3 is 2.56 bits per heavy atom. The molecule has 3 heterocycles. The Morgan fingerprint density at radius 1 is 1.20 bits per heavy atom. The van der Waals surface area contributed by atoms with Gasteiger partial charge in [-0.25, -0.2) is 13.4 Å². The van der Waals surface area contributed by atoms with Gasteiger partial charge in [-0.3, -0.25) is 4.79 Å². The van der Waals surface area contributed by atoms with Crippen LogP contribution in [0.15, 0.2) is 31.0 Å². The molecule has 2 saturated heterocycles. The van der Waals surface area contributed by atoms with Crippen LogP contribution in [0.5, 0.6) is 11.6 Å². The lowest BCUT2D eigenvalue weighted by Gasteiger charge is -2.37. The molecule has 0 bridgehead atoms. The van der Waals surface area contributed by atoms with Gasteiger partial charge >= 0.3 is 0 Å². The number of nitrogens with zero attached hydrogens (tertiary/aromatic N) is 5. The Balaban J connectivity index is 1.59. The minimum atomic E-state index is -3.33. The number of ether oxygens (including phenoxy) is 2. The molecular formula is C27H38ClN7O5S. The van der Waals surface area contributed by atoms with E-state index in [4.69, 9.17) is 21.1 Å². The Kier molecular flexibility index (Phi) is 9.95. The number of amides is 1. The van der Waals surface area contributed by atoms with Crippen molar-refractivity contribution >= 4 is 50.5 Å². The number of piperidine rings is 2. The van der Waals surface area contributed by atoms with Gasteiger partial charge < -0.3 is 29.9 Å². The van der Waals surface area contributed by atoms with Crippen LogP contribution in [0.1, 0.15) is 25.7 Å². The zero-order valence-electron chi connectivity index (χ0n) is 23.9. The second-order valence-corrected chi connectivity index (χ2v) is 12.8. The molecule has 0 radical (unpaired) electrons. The molecule has 41 heavy (non-hydrogen) atoms. The molecular weight excluding hydrogens is 570 g/mol. The summed E-state index contributed by atoms with van der Waals surface area (Å²) in [5.41, 5.74) is 1.96. The minimum Gasteiger partial charge on any atom is -0.494 e. The van der Waals surface area contributed by atoms with Gasteiger partial charge in [-0.2, -0.15) is 9.29 Å². The van der Waals surface area contributed by atoms with Gasteiger partial charge in [0.15, 0.2) is 0 Å². The lowest BCUT2D eigenvalue weighted by molar-refractivity contribution is -0.111. The first kappa shape index (κ1) is 30.8. The molecule has 2 aromatic rings. The molecule has 0 saturated carbocycles. The summed E-state index contributed by atoms with van der Waals surface area (Å²) in [5, 5.41) is 6.27. The Hall–Kier alpha value is -3.13. The van der Waals surface area contributed by atoms with Crippen LogP contribution < -0.4 is 25.0 Å². The van der Waals surface area contributed by atoms with Crippen LogP contribution in [0.25, 0.3) is 0 Å². The predicted molar refractivity (Wildman–Crippen MR) is 161 cm³/mol. The van der Waals surface area contributed by atoms with Crippen molar-refractivity contribution in [3.63, 3.8) is 0 Å². The van der Waals surface area contributed by atoms with Crippen molar-refractivity contribution in [1.29, 1.82) is 0 Å². The van der Waals surface area contributed by atoms with E-state index in [0.717, 1.165) is 31.6 Å². The molecule has 2 fully saturated rings. The summed E-state index contributed by atoms with van der Waals surface area (Å²) >= 11 is 6.34. The normalized spacial score (nSPS) is 18.7. The van der Waals surface area contributed by atoms with Gasteiger partial charge in [0, 0.05) is 31.7 Å². The van der Waals surface area contributed by atoms with Crippen molar-refractivity contribution in [2.75, 3.05) is 69.2 Å². The third-order valence-electron chi connectivity index (χ3n) is 7.34. The Morgan fingerprint density at radius 2 is 1.93 bits per heavy atom. The highest BCUT2D eigenvalue weighted by atomic mass is 35.5. The van der Waals surface area contributed by atoms with Crippen LogP contribution in [-0.4, -0.2) is 99.3 Å². The number of halogens is 1. The Labute approximate surface area is 246 Å². The molecule has 1 aromatic heterocycles. The highest BCUT2D eigenvalue weighted by Gasteiger charge is 2.28. The van der Waals surface area contributed by atoms with E-state index in [-0.39, 0.29) is 29.3 Å².